The first-order valence-electron chi connectivity index (χ1n) is 24.0. The minimum atomic E-state index is -0.310. The Bertz CT molecular complexity index is 3340. The lowest BCUT2D eigenvalue weighted by Gasteiger charge is -2.35. The summed E-state index contributed by atoms with van der Waals surface area (Å²) in [6.07, 6.45) is 29.1. The molecule has 0 radical (unpaired) electrons. The molecule has 0 spiro atoms. The number of aryl methyl sites for hydroxylation is 1. The lowest BCUT2D eigenvalue weighted by Crippen LogP contribution is -2.29. The molecule has 5 nitrogen and oxygen atoms in total. The largest absolute Gasteiger partial charge is 0.356 e. The molecule has 3 aliphatic carbocycles. The Kier molecular flexibility index (Phi) is 14.0. The second kappa shape index (κ2) is 21.1. The lowest BCUT2D eigenvalue weighted by atomic mass is 9.66. The maximum atomic E-state index is 5.61. The van der Waals surface area contributed by atoms with Crippen LogP contribution in [0.4, 0.5) is 11.4 Å². The minimum absolute atomic E-state index is 0.310. The summed E-state index contributed by atoms with van der Waals surface area (Å²) >= 11 is 0. The van der Waals surface area contributed by atoms with E-state index in [1.807, 2.05) is 0 Å². The van der Waals surface area contributed by atoms with Gasteiger partial charge in [0.05, 0.1) is 10.9 Å². The van der Waals surface area contributed by atoms with Gasteiger partial charge in [0.2, 0.25) is 0 Å². The summed E-state index contributed by atoms with van der Waals surface area (Å²) in [5, 5.41) is 8.43. The van der Waals surface area contributed by atoms with Gasteiger partial charge < -0.3 is 16.1 Å². The molecule has 5 N–H and O–H groups in total. The maximum Gasteiger partial charge on any atom is 0.0711 e. The van der Waals surface area contributed by atoms with Crippen molar-refractivity contribution >= 4 is 44.3 Å². The standard InChI is InChI=1S/C32H27N.C32H29N.H3N3/c1-23-16-18-26(19-17-23)33-27-20-21-29-28-14-8-9-15-30(28)32(31(29)22-27,24-10-4-2-5-11-24)25-12-6-3-7-13-25;1-3-5-13-23(12-4-2)27-21-28(25-16-10-7-11-17-25)32-30(22-27)29-20-26(18-19-31(29)33-32)24-14-8-6-9-15-24;1-3-2/h2,4-6,8-22,33H,3,7H2,1H3;3-5,7-8,10-22,33H,6,9H2,1-2H3;(H3,1,2)/b;5-3-,12-4-,23-13+;. The summed E-state index contributed by atoms with van der Waals surface area (Å²) in [6.45, 7) is 6.25. The quantitative estimate of drug-likeness (QED) is 0.0503. The number of nitrogens with one attached hydrogen (secondary N) is 3. The van der Waals surface area contributed by atoms with E-state index in [-0.39, 0.29) is 5.41 Å². The zero-order valence-corrected chi connectivity index (χ0v) is 39.7. The molecule has 0 saturated heterocycles. The van der Waals surface area contributed by atoms with Crippen LogP contribution in [0.1, 0.15) is 72.9 Å². The molecule has 0 saturated carbocycles. The molecule has 5 heteroatoms. The van der Waals surface area contributed by atoms with Crippen LogP contribution in [-0.2, 0) is 5.41 Å². The Hall–Kier alpha value is -8.28. The molecular weight excluding hydrogens is 839 g/mol. The third-order valence-electron chi connectivity index (χ3n) is 13.3. The van der Waals surface area contributed by atoms with E-state index in [0.717, 1.165) is 37.1 Å². The summed E-state index contributed by atoms with van der Waals surface area (Å²) in [4.78, 5) is 3.73. The Balaban J connectivity index is 0.000000163. The van der Waals surface area contributed by atoms with Crippen LogP contribution in [0, 0.1) is 12.5 Å². The van der Waals surface area contributed by atoms with Crippen LogP contribution in [0.3, 0.4) is 0 Å². The van der Waals surface area contributed by atoms with Crippen LogP contribution in [0.25, 0.3) is 55.2 Å². The highest BCUT2D eigenvalue weighted by atomic mass is 15.2. The first kappa shape index (κ1) is 45.9. The van der Waals surface area contributed by atoms with Gasteiger partial charge in [-0.3, -0.25) is 0 Å². The van der Waals surface area contributed by atoms with Crippen LogP contribution < -0.4 is 11.2 Å². The van der Waals surface area contributed by atoms with Gasteiger partial charge in [-0.2, -0.15) is 5.53 Å². The zero-order chi connectivity index (χ0) is 47.6. The van der Waals surface area contributed by atoms with Gasteiger partial charge in [0, 0.05) is 33.2 Å². The molecule has 3 aliphatic rings. The van der Waals surface area contributed by atoms with Gasteiger partial charge in [0.1, 0.15) is 0 Å². The van der Waals surface area contributed by atoms with Gasteiger partial charge in [-0.15, -0.1) is 0 Å². The Morgan fingerprint density at radius 3 is 2.04 bits per heavy atom. The fourth-order valence-corrected chi connectivity index (χ4v) is 10.2. The van der Waals surface area contributed by atoms with Crippen molar-refractivity contribution in [3.8, 4) is 22.3 Å². The van der Waals surface area contributed by atoms with E-state index in [1.165, 1.54) is 94.2 Å². The first-order chi connectivity index (χ1) is 34.0. The number of hydrogen-bond acceptors (Lipinski definition) is 3. The van der Waals surface area contributed by atoms with E-state index in [4.69, 9.17) is 5.53 Å². The number of allylic oxidation sites excluding steroid dienone is 14. The molecule has 7 aromatic carbocycles. The van der Waals surface area contributed by atoms with Crippen molar-refractivity contribution in [2.45, 2.75) is 51.9 Å². The number of hydrogen-bond donors (Lipinski definition) is 4. The highest BCUT2D eigenvalue weighted by Crippen LogP contribution is 2.57. The molecule has 0 aliphatic heterocycles. The number of nitrogens with two attached hydrogens (primary N) is 1. The van der Waals surface area contributed by atoms with E-state index < -0.39 is 0 Å². The average Bonchev–Trinajstić information content (AvgIpc) is 3.92. The third kappa shape index (κ3) is 9.37. The van der Waals surface area contributed by atoms with Gasteiger partial charge in [-0.05, 0) is 156 Å². The summed E-state index contributed by atoms with van der Waals surface area (Å²) in [5.41, 5.74) is 26.7. The number of aromatic amines is 1. The van der Waals surface area contributed by atoms with Crippen molar-refractivity contribution in [1.82, 2.24) is 4.98 Å². The van der Waals surface area contributed by atoms with E-state index in [9.17, 15) is 0 Å². The number of nitrogens with zero attached hydrogens (tertiary/aromatic N) is 1. The smallest absolute Gasteiger partial charge is 0.0711 e. The molecule has 1 heterocycles. The first-order valence-corrected chi connectivity index (χ1v) is 24.0. The number of anilines is 2. The second-order valence-corrected chi connectivity index (χ2v) is 17.7. The highest BCUT2D eigenvalue weighted by molar-refractivity contribution is 6.14. The summed E-state index contributed by atoms with van der Waals surface area (Å²) in [6, 6.07) is 57.6. The zero-order valence-electron chi connectivity index (χ0n) is 39.7. The highest BCUT2D eigenvalue weighted by Gasteiger charge is 2.46. The van der Waals surface area contributed by atoms with Crippen LogP contribution in [0.15, 0.2) is 235 Å². The van der Waals surface area contributed by atoms with Crippen molar-refractivity contribution in [3.63, 3.8) is 0 Å². The fourth-order valence-electron chi connectivity index (χ4n) is 10.2. The SMILES string of the molecule is C\C=C/C=C(\C=C/C)c1cc(-c2ccccc2)c2[nH]c3ccc(C4=CCCC=C4)cc3c2c1.Cc1ccc(Nc2ccc3c(c2)C(C2=CCCC=C2)(c2ccccc2)c2ccccc2-3)cc1.N=NN. The number of aromatic nitrogens is 1. The topological polar surface area (TPSA) is 90.0 Å². The van der Waals surface area contributed by atoms with Crippen molar-refractivity contribution in [2.75, 3.05) is 5.32 Å². The lowest BCUT2D eigenvalue weighted by molar-refractivity contribution is 0.752. The normalized spacial score (nSPS) is 16.0. The van der Waals surface area contributed by atoms with Gasteiger partial charge in [-0.1, -0.05) is 187 Å². The Labute approximate surface area is 407 Å². The number of benzene rings is 7. The predicted molar refractivity (Wildman–Crippen MR) is 294 cm³/mol. The van der Waals surface area contributed by atoms with E-state index in [2.05, 4.69) is 267 Å². The molecule has 11 rings (SSSR count). The molecule has 340 valence electrons. The average molecular weight is 898 g/mol. The van der Waals surface area contributed by atoms with Crippen molar-refractivity contribution in [2.24, 2.45) is 11.1 Å². The second-order valence-electron chi connectivity index (χ2n) is 17.7. The minimum Gasteiger partial charge on any atom is -0.356 e. The predicted octanol–water partition coefficient (Wildman–Crippen LogP) is 17.5. The Morgan fingerprint density at radius 1 is 0.638 bits per heavy atom. The van der Waals surface area contributed by atoms with E-state index >= 15 is 0 Å². The molecule has 1 aromatic heterocycles. The summed E-state index contributed by atoms with van der Waals surface area (Å²) < 4.78 is 0. The van der Waals surface area contributed by atoms with Crippen LogP contribution >= 0.6 is 0 Å². The van der Waals surface area contributed by atoms with E-state index in [0.29, 0.717) is 0 Å². The fraction of sp³-hybridized carbons (Fsp3) is 0.125. The molecular formula is C64H59N5. The van der Waals surface area contributed by atoms with Crippen LogP contribution in [0.5, 0.6) is 0 Å². The molecule has 0 fully saturated rings. The number of rotatable bonds is 9. The molecule has 1 atom stereocenters. The van der Waals surface area contributed by atoms with Gasteiger partial charge in [-0.25, -0.2) is 0 Å². The summed E-state index contributed by atoms with van der Waals surface area (Å²) in [7, 11) is 0. The van der Waals surface area contributed by atoms with Crippen LogP contribution in [0.2, 0.25) is 0 Å². The van der Waals surface area contributed by atoms with Crippen molar-refractivity contribution in [3.05, 3.63) is 264 Å². The third-order valence-corrected chi connectivity index (χ3v) is 13.3. The van der Waals surface area contributed by atoms with Gasteiger partial charge >= 0.3 is 0 Å². The molecule has 8 aromatic rings. The van der Waals surface area contributed by atoms with Gasteiger partial charge in [0.15, 0.2) is 0 Å². The molecule has 1 unspecified atom stereocenters. The monoisotopic (exact) mass is 897 g/mol. The van der Waals surface area contributed by atoms with Crippen molar-refractivity contribution < 1.29 is 0 Å². The van der Waals surface area contributed by atoms with Crippen LogP contribution in [-0.4, -0.2) is 4.98 Å². The van der Waals surface area contributed by atoms with E-state index in [1.54, 1.807) is 0 Å². The number of H-pyrrole nitrogens is 1. The maximum absolute atomic E-state index is 5.61. The molecule has 0 amide bonds. The molecule has 0 bridgehead atoms. The van der Waals surface area contributed by atoms with Gasteiger partial charge in [0.25, 0.3) is 0 Å². The summed E-state index contributed by atoms with van der Waals surface area (Å²) in [5.74, 6) is 4.14. The number of fused-ring (bicyclic) bond motifs is 6. The molecule has 69 heavy (non-hydrogen) atoms. The Morgan fingerprint density at radius 2 is 1.33 bits per heavy atom. The van der Waals surface area contributed by atoms with Crippen molar-refractivity contribution in [1.29, 1.82) is 5.53 Å².